The minimum absolute atomic E-state index is 0.431. The summed E-state index contributed by atoms with van der Waals surface area (Å²) >= 11 is 11.0. The number of hydrazone groups is 1. The van der Waals surface area contributed by atoms with Crippen LogP contribution in [0.25, 0.3) is 0 Å². The molecule has 0 saturated heterocycles. The first-order valence-corrected chi connectivity index (χ1v) is 6.40. The Kier molecular flexibility index (Phi) is 6.32. The van der Waals surface area contributed by atoms with E-state index in [0.717, 1.165) is 11.3 Å². The Balaban J connectivity index is 2.81. The highest BCUT2D eigenvalue weighted by Crippen LogP contribution is 2.23. The number of halogens is 1. The summed E-state index contributed by atoms with van der Waals surface area (Å²) in [4.78, 5) is 0. The lowest BCUT2D eigenvalue weighted by atomic mass is 10.1. The van der Waals surface area contributed by atoms with Crippen molar-refractivity contribution >= 4 is 34.6 Å². The number of thiocarbonyl (C=S) groups is 1. The van der Waals surface area contributed by atoms with Gasteiger partial charge in [0.1, 0.15) is 5.75 Å². The van der Waals surface area contributed by atoms with Crippen molar-refractivity contribution in [2.75, 3.05) is 13.7 Å². The predicted molar refractivity (Wildman–Crippen MR) is 84.1 cm³/mol. The Morgan fingerprint density at radius 2 is 2.32 bits per heavy atom. The van der Waals surface area contributed by atoms with E-state index in [2.05, 4.69) is 22.4 Å². The number of nitrogens with one attached hydrogen (secondary N) is 2. The average Bonchev–Trinajstić information content (AvgIpc) is 2.42. The van der Waals surface area contributed by atoms with E-state index in [-0.39, 0.29) is 0 Å². The number of benzene rings is 1. The first-order chi connectivity index (χ1) is 9.08. The predicted octanol–water partition coefficient (Wildman–Crippen LogP) is 2.72. The molecule has 0 amide bonds. The summed E-state index contributed by atoms with van der Waals surface area (Å²) in [6, 6.07) is 5.35. The largest absolute Gasteiger partial charge is 0.496 e. The smallest absolute Gasteiger partial charge is 0.187 e. The minimum atomic E-state index is 0.431. The standard InChI is InChI=1S/C13H16ClN3OS/c1-4-7-15-13(19)17-16-9(2)11-8-10(14)5-6-12(11)18-3/h4-6,8H,1,7H2,2-3H3,(H2,15,17,19)/b16-9-. The normalized spacial score (nSPS) is 10.8. The third kappa shape index (κ3) is 4.89. The average molecular weight is 298 g/mol. The molecule has 1 aromatic rings. The molecule has 0 heterocycles. The maximum atomic E-state index is 5.97. The second kappa shape index (κ2) is 7.76. The molecule has 4 nitrogen and oxygen atoms in total. The Morgan fingerprint density at radius 3 is 2.95 bits per heavy atom. The molecule has 6 heteroatoms. The fourth-order valence-electron chi connectivity index (χ4n) is 1.36. The van der Waals surface area contributed by atoms with Crippen LogP contribution < -0.4 is 15.5 Å². The van der Waals surface area contributed by atoms with Crippen LogP contribution in [-0.2, 0) is 0 Å². The van der Waals surface area contributed by atoms with E-state index >= 15 is 0 Å². The second-order valence-corrected chi connectivity index (χ2v) is 4.50. The van der Waals surface area contributed by atoms with Gasteiger partial charge in [0.05, 0.1) is 12.8 Å². The number of methoxy groups -OCH3 is 1. The maximum Gasteiger partial charge on any atom is 0.187 e. The van der Waals surface area contributed by atoms with Crippen LogP contribution in [0.4, 0.5) is 0 Å². The molecular weight excluding hydrogens is 282 g/mol. The van der Waals surface area contributed by atoms with E-state index in [1.165, 1.54) is 0 Å². The van der Waals surface area contributed by atoms with Crippen molar-refractivity contribution in [2.24, 2.45) is 5.10 Å². The molecule has 1 aromatic carbocycles. The second-order valence-electron chi connectivity index (χ2n) is 3.65. The van der Waals surface area contributed by atoms with Gasteiger partial charge >= 0.3 is 0 Å². The van der Waals surface area contributed by atoms with Crippen LogP contribution in [0.1, 0.15) is 12.5 Å². The van der Waals surface area contributed by atoms with Gasteiger partial charge in [-0.3, -0.25) is 5.43 Å². The van der Waals surface area contributed by atoms with Crippen LogP contribution in [0.15, 0.2) is 36.0 Å². The Hall–Kier alpha value is -1.59. The molecule has 1 rings (SSSR count). The number of ether oxygens (including phenoxy) is 1. The minimum Gasteiger partial charge on any atom is -0.496 e. The van der Waals surface area contributed by atoms with Crippen molar-refractivity contribution in [1.82, 2.24) is 10.7 Å². The maximum absolute atomic E-state index is 5.97. The summed E-state index contributed by atoms with van der Waals surface area (Å²) in [5.41, 5.74) is 4.29. The molecule has 0 fully saturated rings. The van der Waals surface area contributed by atoms with Gasteiger partial charge in [0, 0.05) is 17.1 Å². The molecule has 0 unspecified atom stereocenters. The van der Waals surface area contributed by atoms with Crippen molar-refractivity contribution in [3.8, 4) is 5.75 Å². The van der Waals surface area contributed by atoms with Gasteiger partial charge in [0.25, 0.3) is 0 Å². The van der Waals surface area contributed by atoms with Crippen LogP contribution in [-0.4, -0.2) is 24.5 Å². The van der Waals surface area contributed by atoms with Gasteiger partial charge in [-0.2, -0.15) is 5.10 Å². The molecule has 2 N–H and O–H groups in total. The molecule has 0 radical (unpaired) electrons. The molecule has 0 saturated carbocycles. The lowest BCUT2D eigenvalue weighted by molar-refractivity contribution is 0.414. The van der Waals surface area contributed by atoms with Gasteiger partial charge in [-0.05, 0) is 37.3 Å². The van der Waals surface area contributed by atoms with Gasteiger partial charge in [-0.15, -0.1) is 6.58 Å². The van der Waals surface area contributed by atoms with Gasteiger partial charge in [0.15, 0.2) is 5.11 Å². The molecule has 0 atom stereocenters. The van der Waals surface area contributed by atoms with E-state index in [4.69, 9.17) is 28.6 Å². The summed E-state index contributed by atoms with van der Waals surface area (Å²) in [6.07, 6.45) is 1.71. The van der Waals surface area contributed by atoms with Gasteiger partial charge in [-0.25, -0.2) is 0 Å². The number of rotatable bonds is 5. The van der Waals surface area contributed by atoms with E-state index in [1.54, 1.807) is 31.4 Å². The van der Waals surface area contributed by atoms with Gasteiger partial charge < -0.3 is 10.1 Å². The van der Waals surface area contributed by atoms with E-state index in [1.807, 2.05) is 6.92 Å². The molecular formula is C13H16ClN3OS. The molecule has 102 valence electrons. The number of nitrogens with zero attached hydrogens (tertiary/aromatic N) is 1. The Morgan fingerprint density at radius 1 is 1.58 bits per heavy atom. The van der Waals surface area contributed by atoms with E-state index in [9.17, 15) is 0 Å². The van der Waals surface area contributed by atoms with Crippen molar-refractivity contribution in [2.45, 2.75) is 6.92 Å². The highest BCUT2D eigenvalue weighted by molar-refractivity contribution is 7.80. The van der Waals surface area contributed by atoms with E-state index in [0.29, 0.717) is 22.4 Å². The third-order valence-electron chi connectivity index (χ3n) is 2.28. The zero-order chi connectivity index (χ0) is 14.3. The molecule has 19 heavy (non-hydrogen) atoms. The number of hydrogen-bond acceptors (Lipinski definition) is 3. The van der Waals surface area contributed by atoms with Crippen LogP contribution in [0, 0.1) is 0 Å². The zero-order valence-electron chi connectivity index (χ0n) is 10.9. The molecule has 0 aliphatic carbocycles. The Bertz CT molecular complexity index is 503. The van der Waals surface area contributed by atoms with Crippen molar-refractivity contribution in [3.63, 3.8) is 0 Å². The molecule has 0 spiro atoms. The van der Waals surface area contributed by atoms with Crippen LogP contribution in [0.3, 0.4) is 0 Å². The van der Waals surface area contributed by atoms with Gasteiger partial charge in [-0.1, -0.05) is 17.7 Å². The van der Waals surface area contributed by atoms with Crippen molar-refractivity contribution in [1.29, 1.82) is 0 Å². The highest BCUT2D eigenvalue weighted by Gasteiger charge is 2.07. The lowest BCUT2D eigenvalue weighted by Crippen LogP contribution is -2.32. The summed E-state index contributed by atoms with van der Waals surface area (Å²) in [5.74, 6) is 0.706. The summed E-state index contributed by atoms with van der Waals surface area (Å²) in [5, 5.41) is 8.16. The van der Waals surface area contributed by atoms with E-state index < -0.39 is 0 Å². The molecule has 0 aromatic heterocycles. The van der Waals surface area contributed by atoms with Crippen LogP contribution in [0.2, 0.25) is 5.02 Å². The summed E-state index contributed by atoms with van der Waals surface area (Å²) < 4.78 is 5.26. The lowest BCUT2D eigenvalue weighted by Gasteiger charge is -2.09. The summed E-state index contributed by atoms with van der Waals surface area (Å²) in [7, 11) is 1.60. The third-order valence-corrected chi connectivity index (χ3v) is 2.75. The SMILES string of the molecule is C=CCNC(=S)N/N=C(/C)c1cc(Cl)ccc1OC. The number of hydrogen-bond donors (Lipinski definition) is 2. The van der Waals surface area contributed by atoms with Crippen molar-refractivity contribution < 1.29 is 4.74 Å². The monoisotopic (exact) mass is 297 g/mol. The highest BCUT2D eigenvalue weighted by atomic mass is 35.5. The fraction of sp³-hybridized carbons (Fsp3) is 0.231. The molecule has 0 aliphatic heterocycles. The quantitative estimate of drug-likeness (QED) is 0.380. The van der Waals surface area contributed by atoms with Crippen LogP contribution in [0.5, 0.6) is 5.75 Å². The summed E-state index contributed by atoms with van der Waals surface area (Å²) in [6.45, 7) is 6.02. The first kappa shape index (κ1) is 15.5. The fourth-order valence-corrected chi connectivity index (χ4v) is 1.66. The Labute approximate surface area is 123 Å². The topological polar surface area (TPSA) is 45.7 Å². The van der Waals surface area contributed by atoms with Gasteiger partial charge in [0.2, 0.25) is 0 Å². The zero-order valence-corrected chi connectivity index (χ0v) is 12.4. The first-order valence-electron chi connectivity index (χ1n) is 5.61. The van der Waals surface area contributed by atoms with Crippen LogP contribution >= 0.6 is 23.8 Å². The molecule has 0 bridgehead atoms. The van der Waals surface area contributed by atoms with Crippen molar-refractivity contribution in [3.05, 3.63) is 41.4 Å². The molecule has 0 aliphatic rings.